The molecule has 2 aliphatic rings. The fourth-order valence-electron chi connectivity index (χ4n) is 4.37. The molecule has 1 saturated carbocycles. The number of carboxylic acid groups (broad SMARTS) is 1. The maximum absolute atomic E-state index is 12.9. The molecule has 0 radical (unpaired) electrons. The first kappa shape index (κ1) is 20.8. The van der Waals surface area contributed by atoms with Crippen LogP contribution in [0, 0.1) is 11.8 Å². The number of rotatable bonds is 5. The molecule has 28 heavy (non-hydrogen) atoms. The Kier molecular flexibility index (Phi) is 7.10. The van der Waals surface area contributed by atoms with Crippen molar-refractivity contribution in [3.8, 4) is 0 Å². The number of hydrogen-bond donors (Lipinski definition) is 2. The van der Waals surface area contributed by atoms with Gasteiger partial charge in [-0.2, -0.15) is 0 Å². The Labute approximate surface area is 169 Å². The van der Waals surface area contributed by atoms with E-state index in [1.54, 1.807) is 6.92 Å². The van der Waals surface area contributed by atoms with Crippen LogP contribution in [0.5, 0.6) is 0 Å². The van der Waals surface area contributed by atoms with Crippen LogP contribution in [0.4, 0.5) is 5.00 Å². The highest BCUT2D eigenvalue weighted by atomic mass is 32.1. The molecular formula is C21H29NO5S. The number of amides is 1. The second-order valence-corrected chi connectivity index (χ2v) is 8.77. The van der Waals surface area contributed by atoms with Crippen LogP contribution in [0.3, 0.4) is 0 Å². The molecule has 2 unspecified atom stereocenters. The van der Waals surface area contributed by atoms with Gasteiger partial charge in [0, 0.05) is 4.88 Å². The molecule has 1 amide bonds. The van der Waals surface area contributed by atoms with Gasteiger partial charge in [-0.15, -0.1) is 11.3 Å². The summed E-state index contributed by atoms with van der Waals surface area (Å²) in [6.07, 6.45) is 8.93. The van der Waals surface area contributed by atoms with Crippen molar-refractivity contribution in [2.45, 2.75) is 71.1 Å². The zero-order valence-corrected chi connectivity index (χ0v) is 17.2. The highest BCUT2D eigenvalue weighted by Crippen LogP contribution is 2.39. The van der Waals surface area contributed by atoms with Crippen LogP contribution in [0.1, 0.15) is 79.1 Å². The van der Waals surface area contributed by atoms with Crippen LogP contribution in [-0.4, -0.2) is 29.6 Å². The number of carbonyl (C=O) groups excluding carboxylic acids is 2. The van der Waals surface area contributed by atoms with Crippen molar-refractivity contribution in [3.63, 3.8) is 0 Å². The van der Waals surface area contributed by atoms with E-state index in [4.69, 9.17) is 4.74 Å². The van der Waals surface area contributed by atoms with E-state index in [1.807, 2.05) is 0 Å². The maximum atomic E-state index is 12.9. The predicted molar refractivity (Wildman–Crippen MR) is 108 cm³/mol. The van der Waals surface area contributed by atoms with Crippen molar-refractivity contribution < 1.29 is 24.2 Å². The summed E-state index contributed by atoms with van der Waals surface area (Å²) in [4.78, 5) is 38.3. The van der Waals surface area contributed by atoms with Gasteiger partial charge in [0.25, 0.3) is 0 Å². The fourth-order valence-corrected chi connectivity index (χ4v) is 5.65. The van der Waals surface area contributed by atoms with Gasteiger partial charge < -0.3 is 15.2 Å². The minimum absolute atomic E-state index is 0.278. The molecule has 0 spiro atoms. The third-order valence-corrected chi connectivity index (χ3v) is 7.01. The Bertz CT molecular complexity index is 741. The molecule has 2 atom stereocenters. The standard InChI is InChI=1S/C21H29NO5S/c1-2-27-21(26)17-15-11-5-3-4-6-12-16(15)28-19(17)22-18(23)13-9-7-8-10-14(13)20(24)25/h13-14H,2-12H2,1H3,(H,22,23)(H,24,25). The average Bonchev–Trinajstić information content (AvgIpc) is 2.98. The molecule has 7 heteroatoms. The topological polar surface area (TPSA) is 92.7 Å². The van der Waals surface area contributed by atoms with Crippen molar-refractivity contribution >= 4 is 34.2 Å². The molecule has 6 nitrogen and oxygen atoms in total. The Morgan fingerprint density at radius 2 is 1.71 bits per heavy atom. The van der Waals surface area contributed by atoms with Crippen molar-refractivity contribution in [3.05, 3.63) is 16.0 Å². The zero-order valence-electron chi connectivity index (χ0n) is 16.4. The van der Waals surface area contributed by atoms with Crippen LogP contribution in [-0.2, 0) is 27.2 Å². The smallest absolute Gasteiger partial charge is 0.341 e. The molecule has 3 rings (SSSR count). The monoisotopic (exact) mass is 407 g/mol. The number of ether oxygens (including phenoxy) is 1. The van der Waals surface area contributed by atoms with Gasteiger partial charge in [0.15, 0.2) is 0 Å². The van der Waals surface area contributed by atoms with Crippen LogP contribution < -0.4 is 5.32 Å². The fraction of sp³-hybridized carbons (Fsp3) is 0.667. The number of anilines is 1. The molecule has 0 aliphatic heterocycles. The number of carbonyl (C=O) groups is 3. The quantitative estimate of drug-likeness (QED) is 0.705. The summed E-state index contributed by atoms with van der Waals surface area (Å²) in [6, 6.07) is 0. The lowest BCUT2D eigenvalue weighted by Gasteiger charge is -2.27. The summed E-state index contributed by atoms with van der Waals surface area (Å²) >= 11 is 1.46. The second-order valence-electron chi connectivity index (χ2n) is 7.67. The van der Waals surface area contributed by atoms with Gasteiger partial charge in [0.1, 0.15) is 5.00 Å². The summed E-state index contributed by atoms with van der Waals surface area (Å²) in [7, 11) is 0. The minimum Gasteiger partial charge on any atom is -0.481 e. The third kappa shape index (κ3) is 4.57. The lowest BCUT2D eigenvalue weighted by Crippen LogP contribution is -2.36. The number of fused-ring (bicyclic) bond motifs is 1. The summed E-state index contributed by atoms with van der Waals surface area (Å²) in [5, 5.41) is 12.9. The summed E-state index contributed by atoms with van der Waals surface area (Å²) in [5.41, 5.74) is 1.50. The van der Waals surface area contributed by atoms with Gasteiger partial charge in [-0.3, -0.25) is 9.59 Å². The largest absolute Gasteiger partial charge is 0.481 e. The first-order chi connectivity index (χ1) is 13.5. The molecular weight excluding hydrogens is 378 g/mol. The van der Waals surface area contributed by atoms with E-state index in [2.05, 4.69) is 5.32 Å². The number of hydrogen-bond acceptors (Lipinski definition) is 5. The van der Waals surface area contributed by atoms with E-state index in [9.17, 15) is 19.5 Å². The SMILES string of the molecule is CCOC(=O)c1c(NC(=O)C2CCCCC2C(=O)O)sc2c1CCCCCC2. The van der Waals surface area contributed by atoms with Crippen LogP contribution in [0.15, 0.2) is 0 Å². The predicted octanol–water partition coefficient (Wildman–Crippen LogP) is 4.41. The highest BCUT2D eigenvalue weighted by Gasteiger charge is 2.37. The Hall–Kier alpha value is -1.89. The van der Waals surface area contributed by atoms with Gasteiger partial charge in [0.05, 0.1) is 24.0 Å². The second kappa shape index (κ2) is 9.54. The van der Waals surface area contributed by atoms with E-state index in [0.717, 1.165) is 55.4 Å². The number of thiophene rings is 1. The molecule has 0 aromatic carbocycles. The van der Waals surface area contributed by atoms with Gasteiger partial charge in [-0.05, 0) is 51.0 Å². The van der Waals surface area contributed by atoms with Crippen LogP contribution in [0.2, 0.25) is 0 Å². The maximum Gasteiger partial charge on any atom is 0.341 e. The van der Waals surface area contributed by atoms with E-state index >= 15 is 0 Å². The third-order valence-electron chi connectivity index (χ3n) is 5.81. The van der Waals surface area contributed by atoms with E-state index in [1.165, 1.54) is 17.8 Å². The molecule has 0 saturated heterocycles. The molecule has 1 heterocycles. The van der Waals surface area contributed by atoms with Crippen molar-refractivity contribution in [1.29, 1.82) is 0 Å². The van der Waals surface area contributed by atoms with Gasteiger partial charge in [-0.1, -0.05) is 25.7 Å². The van der Waals surface area contributed by atoms with Crippen molar-refractivity contribution in [2.24, 2.45) is 11.8 Å². The lowest BCUT2D eigenvalue weighted by molar-refractivity contribution is -0.147. The minimum atomic E-state index is -0.913. The number of aryl methyl sites for hydroxylation is 1. The first-order valence-corrected chi connectivity index (χ1v) is 11.2. The normalized spacial score (nSPS) is 22.5. The number of aliphatic carboxylic acids is 1. The lowest BCUT2D eigenvalue weighted by atomic mass is 9.78. The molecule has 1 aromatic heterocycles. The van der Waals surface area contributed by atoms with Crippen LogP contribution in [0.25, 0.3) is 0 Å². The number of esters is 1. The van der Waals surface area contributed by atoms with E-state index in [-0.39, 0.29) is 12.5 Å². The molecule has 2 aliphatic carbocycles. The van der Waals surface area contributed by atoms with Gasteiger partial charge in [0.2, 0.25) is 5.91 Å². The Balaban J connectivity index is 1.89. The Morgan fingerprint density at radius 3 is 2.39 bits per heavy atom. The van der Waals surface area contributed by atoms with Crippen molar-refractivity contribution in [1.82, 2.24) is 0 Å². The van der Waals surface area contributed by atoms with E-state index < -0.39 is 23.8 Å². The number of carboxylic acids is 1. The van der Waals surface area contributed by atoms with E-state index in [0.29, 0.717) is 23.4 Å². The average molecular weight is 408 g/mol. The molecule has 154 valence electrons. The highest BCUT2D eigenvalue weighted by molar-refractivity contribution is 7.17. The Morgan fingerprint density at radius 1 is 1.04 bits per heavy atom. The summed E-state index contributed by atoms with van der Waals surface area (Å²) < 4.78 is 5.27. The van der Waals surface area contributed by atoms with Crippen LogP contribution >= 0.6 is 11.3 Å². The molecule has 2 N–H and O–H groups in total. The molecule has 0 bridgehead atoms. The van der Waals surface area contributed by atoms with Crippen molar-refractivity contribution in [2.75, 3.05) is 11.9 Å². The molecule has 1 aromatic rings. The zero-order chi connectivity index (χ0) is 20.1. The number of nitrogens with one attached hydrogen (secondary N) is 1. The molecule has 1 fully saturated rings. The van der Waals surface area contributed by atoms with Gasteiger partial charge in [-0.25, -0.2) is 4.79 Å². The van der Waals surface area contributed by atoms with Gasteiger partial charge >= 0.3 is 11.9 Å². The first-order valence-electron chi connectivity index (χ1n) is 10.4. The summed E-state index contributed by atoms with van der Waals surface area (Å²) in [6.45, 7) is 2.05. The summed E-state index contributed by atoms with van der Waals surface area (Å²) in [5.74, 6) is -2.79.